The summed E-state index contributed by atoms with van der Waals surface area (Å²) < 4.78 is 5.39. The maximum absolute atomic E-state index is 13.8. The first kappa shape index (κ1) is 22.6. The average Bonchev–Trinajstić information content (AvgIpc) is 3.49. The standard InChI is InChI=1S/C25H32N6O3/c1-18(32)29-10-8-25(9-11-29)17-30(23-7-6-20(13-26-23)21-14-27-28-15-21)24(33)31(25)16-19-4-3-5-22(12-19)34-2/h3-7,12-13,21,27-28H,8-11,14-17H2,1-2H3. The van der Waals surface area contributed by atoms with Crippen molar-refractivity contribution in [1.82, 2.24) is 25.6 Å². The van der Waals surface area contributed by atoms with Gasteiger partial charge in [0.25, 0.3) is 0 Å². The van der Waals surface area contributed by atoms with Crippen molar-refractivity contribution < 1.29 is 14.3 Å². The summed E-state index contributed by atoms with van der Waals surface area (Å²) in [6, 6.07) is 11.8. The summed E-state index contributed by atoms with van der Waals surface area (Å²) >= 11 is 0. The van der Waals surface area contributed by atoms with E-state index in [1.54, 1.807) is 18.9 Å². The third kappa shape index (κ3) is 4.21. The molecule has 0 atom stereocenters. The Morgan fingerprint density at radius 3 is 2.59 bits per heavy atom. The van der Waals surface area contributed by atoms with Crippen molar-refractivity contribution in [3.05, 3.63) is 53.7 Å². The number of rotatable bonds is 5. The smallest absolute Gasteiger partial charge is 0.326 e. The van der Waals surface area contributed by atoms with E-state index in [9.17, 15) is 9.59 Å². The molecule has 1 aromatic carbocycles. The molecule has 5 rings (SSSR count). The number of hydrazine groups is 1. The number of pyridine rings is 1. The Kier molecular flexibility index (Phi) is 6.14. The van der Waals surface area contributed by atoms with Crippen molar-refractivity contribution in [2.75, 3.05) is 44.7 Å². The van der Waals surface area contributed by atoms with Crippen LogP contribution in [0.15, 0.2) is 42.6 Å². The highest BCUT2D eigenvalue weighted by molar-refractivity contribution is 5.94. The number of amides is 3. The van der Waals surface area contributed by atoms with E-state index in [-0.39, 0.29) is 17.5 Å². The molecule has 3 amide bonds. The molecule has 3 fully saturated rings. The first-order valence-corrected chi connectivity index (χ1v) is 11.9. The Bertz CT molecular complexity index is 1040. The average molecular weight is 465 g/mol. The molecule has 9 nitrogen and oxygen atoms in total. The van der Waals surface area contributed by atoms with E-state index in [4.69, 9.17) is 4.74 Å². The molecule has 9 heteroatoms. The van der Waals surface area contributed by atoms with E-state index in [0.29, 0.717) is 37.9 Å². The zero-order chi connectivity index (χ0) is 23.7. The molecule has 0 unspecified atom stereocenters. The monoisotopic (exact) mass is 464 g/mol. The molecule has 3 aliphatic rings. The second-order valence-corrected chi connectivity index (χ2v) is 9.45. The molecule has 0 radical (unpaired) electrons. The van der Waals surface area contributed by atoms with Crippen LogP contribution in [0.3, 0.4) is 0 Å². The van der Waals surface area contributed by atoms with Gasteiger partial charge in [0.2, 0.25) is 5.91 Å². The van der Waals surface area contributed by atoms with E-state index >= 15 is 0 Å². The van der Waals surface area contributed by atoms with Crippen LogP contribution in [-0.2, 0) is 11.3 Å². The van der Waals surface area contributed by atoms with Crippen LogP contribution in [-0.4, -0.2) is 72.1 Å². The van der Waals surface area contributed by atoms with Crippen molar-refractivity contribution in [2.24, 2.45) is 0 Å². The summed E-state index contributed by atoms with van der Waals surface area (Å²) in [6.07, 6.45) is 3.38. The van der Waals surface area contributed by atoms with E-state index in [2.05, 4.69) is 21.9 Å². The number of piperidine rings is 1. The Hall–Kier alpha value is -3.17. The minimum absolute atomic E-state index is 0.0384. The van der Waals surface area contributed by atoms with Crippen LogP contribution in [0.25, 0.3) is 0 Å². The van der Waals surface area contributed by atoms with Crippen molar-refractivity contribution in [1.29, 1.82) is 0 Å². The van der Waals surface area contributed by atoms with E-state index in [1.807, 2.05) is 46.3 Å². The molecule has 1 spiro atoms. The van der Waals surface area contributed by atoms with Gasteiger partial charge in [-0.05, 0) is 42.2 Å². The van der Waals surface area contributed by atoms with Gasteiger partial charge in [-0.15, -0.1) is 0 Å². The van der Waals surface area contributed by atoms with Crippen LogP contribution in [0.2, 0.25) is 0 Å². The van der Waals surface area contributed by atoms with Gasteiger partial charge >= 0.3 is 6.03 Å². The predicted octanol–water partition coefficient (Wildman–Crippen LogP) is 2.10. The number of hydrogen-bond donors (Lipinski definition) is 2. The molecule has 3 aliphatic heterocycles. The van der Waals surface area contributed by atoms with Crippen molar-refractivity contribution in [3.63, 3.8) is 0 Å². The summed E-state index contributed by atoms with van der Waals surface area (Å²) in [5.74, 6) is 1.91. The maximum atomic E-state index is 13.8. The van der Waals surface area contributed by atoms with Crippen molar-refractivity contribution in [3.8, 4) is 5.75 Å². The summed E-state index contributed by atoms with van der Waals surface area (Å²) in [6.45, 7) is 5.71. The number of ether oxygens (including phenoxy) is 1. The Morgan fingerprint density at radius 1 is 1.18 bits per heavy atom. The zero-order valence-electron chi connectivity index (χ0n) is 19.8. The van der Waals surface area contributed by atoms with Crippen LogP contribution in [0, 0.1) is 0 Å². The quantitative estimate of drug-likeness (QED) is 0.705. The molecule has 34 heavy (non-hydrogen) atoms. The number of urea groups is 1. The van der Waals surface area contributed by atoms with Crippen LogP contribution in [0.1, 0.15) is 36.8 Å². The SMILES string of the molecule is COc1cccc(CN2C(=O)N(c3ccc(C4CNNC4)cn3)CC23CCN(C(C)=O)CC3)c1. The Balaban J connectivity index is 1.41. The molecule has 0 aliphatic carbocycles. The van der Waals surface area contributed by atoms with Gasteiger partial charge in [-0.3, -0.25) is 20.5 Å². The van der Waals surface area contributed by atoms with Crippen LogP contribution in [0.4, 0.5) is 10.6 Å². The maximum Gasteiger partial charge on any atom is 0.326 e. The number of likely N-dealkylation sites (tertiary alicyclic amines) is 1. The molecule has 1 aromatic heterocycles. The molecule has 0 saturated carbocycles. The van der Waals surface area contributed by atoms with Crippen molar-refractivity contribution in [2.45, 2.75) is 37.8 Å². The number of anilines is 1. The fourth-order valence-electron chi connectivity index (χ4n) is 5.33. The summed E-state index contributed by atoms with van der Waals surface area (Å²) in [7, 11) is 1.65. The Morgan fingerprint density at radius 2 is 1.94 bits per heavy atom. The number of nitrogens with zero attached hydrogens (tertiary/aromatic N) is 4. The van der Waals surface area contributed by atoms with Crippen LogP contribution in [0.5, 0.6) is 5.75 Å². The van der Waals surface area contributed by atoms with Gasteiger partial charge in [-0.25, -0.2) is 9.78 Å². The number of hydrogen-bond acceptors (Lipinski definition) is 6. The van der Waals surface area contributed by atoms with E-state index in [1.165, 1.54) is 0 Å². The van der Waals surface area contributed by atoms with Gasteiger partial charge in [-0.1, -0.05) is 18.2 Å². The van der Waals surface area contributed by atoms with E-state index < -0.39 is 0 Å². The molecule has 180 valence electrons. The number of nitrogens with one attached hydrogen (secondary N) is 2. The van der Waals surface area contributed by atoms with Gasteiger partial charge in [0, 0.05) is 51.8 Å². The largest absolute Gasteiger partial charge is 0.497 e. The normalized spacial score (nSPS) is 20.4. The molecule has 2 aromatic rings. The lowest BCUT2D eigenvalue weighted by Crippen LogP contribution is -2.54. The minimum Gasteiger partial charge on any atom is -0.497 e. The summed E-state index contributed by atoms with van der Waals surface area (Å²) in [5, 5.41) is 0. The molecule has 2 N–H and O–H groups in total. The van der Waals surface area contributed by atoms with Crippen LogP contribution >= 0.6 is 0 Å². The lowest BCUT2D eigenvalue weighted by atomic mass is 9.86. The second kappa shape index (κ2) is 9.23. The van der Waals surface area contributed by atoms with Gasteiger partial charge in [-0.2, -0.15) is 0 Å². The predicted molar refractivity (Wildman–Crippen MR) is 128 cm³/mol. The van der Waals surface area contributed by atoms with Gasteiger partial charge in [0.15, 0.2) is 0 Å². The molecule has 4 heterocycles. The van der Waals surface area contributed by atoms with Gasteiger partial charge in [0.1, 0.15) is 11.6 Å². The molecular formula is C25H32N6O3. The van der Waals surface area contributed by atoms with E-state index in [0.717, 1.165) is 42.8 Å². The number of carbonyl (C=O) groups is 2. The number of methoxy groups -OCH3 is 1. The third-order valence-corrected chi connectivity index (χ3v) is 7.44. The van der Waals surface area contributed by atoms with Crippen molar-refractivity contribution >= 4 is 17.8 Å². The third-order valence-electron chi connectivity index (χ3n) is 7.44. The highest BCUT2D eigenvalue weighted by atomic mass is 16.5. The minimum atomic E-state index is -0.342. The topological polar surface area (TPSA) is 90.0 Å². The molecular weight excluding hydrogens is 432 g/mol. The summed E-state index contributed by atoms with van der Waals surface area (Å²) in [5.41, 5.74) is 8.14. The fourth-order valence-corrected chi connectivity index (χ4v) is 5.33. The highest BCUT2D eigenvalue weighted by Gasteiger charge is 2.51. The number of benzene rings is 1. The number of aromatic nitrogens is 1. The van der Waals surface area contributed by atoms with Gasteiger partial charge < -0.3 is 14.5 Å². The van der Waals surface area contributed by atoms with Crippen LogP contribution < -0.4 is 20.5 Å². The zero-order valence-corrected chi connectivity index (χ0v) is 19.8. The first-order chi connectivity index (χ1) is 16.5. The summed E-state index contributed by atoms with van der Waals surface area (Å²) in [4.78, 5) is 36.1. The fraction of sp³-hybridized carbons (Fsp3) is 0.480. The number of carbonyl (C=O) groups excluding carboxylic acids is 2. The lowest BCUT2D eigenvalue weighted by Gasteiger charge is -2.43. The van der Waals surface area contributed by atoms with Gasteiger partial charge in [0.05, 0.1) is 19.2 Å². The highest BCUT2D eigenvalue weighted by Crippen LogP contribution is 2.39. The second-order valence-electron chi connectivity index (χ2n) is 9.45. The first-order valence-electron chi connectivity index (χ1n) is 11.9. The Labute approximate surface area is 200 Å². The molecule has 0 bridgehead atoms. The molecule has 3 saturated heterocycles. The lowest BCUT2D eigenvalue weighted by molar-refractivity contribution is -0.131.